The van der Waals surface area contributed by atoms with Gasteiger partial charge in [0.1, 0.15) is 0 Å². The fraction of sp³-hybridized carbons (Fsp3) is 0.167. The first-order valence-electron chi connectivity index (χ1n) is 5.07. The second kappa shape index (κ2) is 4.18. The van der Waals surface area contributed by atoms with Crippen LogP contribution in [0.25, 0.3) is 0 Å². The van der Waals surface area contributed by atoms with Gasteiger partial charge in [0.2, 0.25) is 5.95 Å². The molecule has 0 saturated carbocycles. The Balaban J connectivity index is 2.24. The molecule has 0 fully saturated rings. The van der Waals surface area contributed by atoms with E-state index in [2.05, 4.69) is 16.2 Å². The molecule has 2 aromatic rings. The van der Waals surface area contributed by atoms with Crippen molar-refractivity contribution in [3.05, 3.63) is 47.3 Å². The van der Waals surface area contributed by atoms with Crippen molar-refractivity contribution in [3.8, 4) is 0 Å². The summed E-state index contributed by atoms with van der Waals surface area (Å²) in [5.74, 6) is 0.404. The van der Waals surface area contributed by atoms with Crippen LogP contribution in [-0.4, -0.2) is 15.9 Å². The Morgan fingerprint density at radius 3 is 2.81 bits per heavy atom. The lowest BCUT2D eigenvalue weighted by Crippen LogP contribution is -1.96. The Labute approximate surface area is 94.4 Å². The number of anilines is 1. The van der Waals surface area contributed by atoms with Gasteiger partial charge >= 0.3 is 0 Å². The van der Waals surface area contributed by atoms with Crippen LogP contribution in [0.1, 0.15) is 16.8 Å². The Morgan fingerprint density at radius 2 is 2.19 bits per heavy atom. The Kier molecular flexibility index (Phi) is 2.72. The molecule has 16 heavy (non-hydrogen) atoms. The first-order chi connectivity index (χ1) is 7.65. The van der Waals surface area contributed by atoms with Crippen LogP contribution in [0.5, 0.6) is 0 Å². The van der Waals surface area contributed by atoms with Crippen LogP contribution in [0.2, 0.25) is 0 Å². The van der Waals surface area contributed by atoms with Crippen molar-refractivity contribution in [3.63, 3.8) is 0 Å². The van der Waals surface area contributed by atoms with E-state index in [1.807, 2.05) is 32.0 Å². The lowest BCUT2D eigenvalue weighted by atomic mass is 10.2. The zero-order valence-corrected chi connectivity index (χ0v) is 9.38. The van der Waals surface area contributed by atoms with Gasteiger partial charge in [-0.1, -0.05) is 29.8 Å². The van der Waals surface area contributed by atoms with Crippen molar-refractivity contribution in [1.82, 2.24) is 9.66 Å². The number of benzene rings is 1. The highest BCUT2D eigenvalue weighted by molar-refractivity contribution is 5.79. The van der Waals surface area contributed by atoms with Crippen molar-refractivity contribution in [2.45, 2.75) is 13.8 Å². The third-order valence-corrected chi connectivity index (χ3v) is 2.21. The van der Waals surface area contributed by atoms with E-state index < -0.39 is 0 Å². The second-order valence-corrected chi connectivity index (χ2v) is 3.74. The number of hydrogen-bond acceptors (Lipinski definition) is 3. The van der Waals surface area contributed by atoms with Gasteiger partial charge in [-0.25, -0.2) is 9.66 Å². The Hall–Kier alpha value is -2.10. The van der Waals surface area contributed by atoms with Gasteiger partial charge in [-0.2, -0.15) is 5.10 Å². The van der Waals surface area contributed by atoms with Crippen molar-refractivity contribution in [1.29, 1.82) is 0 Å². The molecule has 1 heterocycles. The highest BCUT2D eigenvalue weighted by atomic mass is 15.4. The number of rotatable bonds is 2. The molecule has 0 aliphatic rings. The molecule has 4 heteroatoms. The molecule has 4 nitrogen and oxygen atoms in total. The molecule has 0 amide bonds. The van der Waals surface area contributed by atoms with Crippen molar-refractivity contribution >= 4 is 12.2 Å². The molecule has 0 spiro atoms. The van der Waals surface area contributed by atoms with Crippen LogP contribution in [0.15, 0.2) is 35.6 Å². The lowest BCUT2D eigenvalue weighted by molar-refractivity contribution is 0.897. The van der Waals surface area contributed by atoms with Crippen LogP contribution in [0, 0.1) is 13.8 Å². The van der Waals surface area contributed by atoms with Crippen LogP contribution in [0.3, 0.4) is 0 Å². The maximum absolute atomic E-state index is 5.67. The number of imidazole rings is 1. The maximum atomic E-state index is 5.67. The fourth-order valence-electron chi connectivity index (χ4n) is 1.48. The molecule has 0 unspecified atom stereocenters. The normalized spacial score (nSPS) is 11.1. The molecule has 0 aliphatic carbocycles. The molecule has 0 radical (unpaired) electrons. The van der Waals surface area contributed by atoms with Gasteiger partial charge in [0.05, 0.1) is 18.1 Å². The maximum Gasteiger partial charge on any atom is 0.221 e. The minimum Gasteiger partial charge on any atom is -0.368 e. The molecular formula is C12H14N4. The third-order valence-electron chi connectivity index (χ3n) is 2.21. The predicted molar refractivity (Wildman–Crippen MR) is 65.5 cm³/mol. The molecule has 0 atom stereocenters. The smallest absolute Gasteiger partial charge is 0.221 e. The standard InChI is InChI=1S/C12H14N4/c1-9-4-3-5-11(6-9)7-14-16-8-10(2)15-12(16)13/h3-8H,1-2H3,(H2,13,15). The molecule has 0 aliphatic heterocycles. The zero-order chi connectivity index (χ0) is 11.5. The molecule has 1 aromatic carbocycles. The van der Waals surface area contributed by atoms with Gasteiger partial charge in [-0.05, 0) is 19.4 Å². The number of aryl methyl sites for hydroxylation is 2. The van der Waals surface area contributed by atoms with E-state index in [1.165, 1.54) is 5.56 Å². The van der Waals surface area contributed by atoms with Gasteiger partial charge in [0, 0.05) is 0 Å². The average molecular weight is 214 g/mol. The number of nitrogens with two attached hydrogens (primary N) is 1. The minimum absolute atomic E-state index is 0.404. The topological polar surface area (TPSA) is 56.2 Å². The van der Waals surface area contributed by atoms with E-state index in [-0.39, 0.29) is 0 Å². The summed E-state index contributed by atoms with van der Waals surface area (Å²) in [6, 6.07) is 8.10. The van der Waals surface area contributed by atoms with Gasteiger partial charge in [0.15, 0.2) is 0 Å². The molecule has 2 N–H and O–H groups in total. The molecule has 1 aromatic heterocycles. The summed E-state index contributed by atoms with van der Waals surface area (Å²) in [6.45, 7) is 3.93. The average Bonchev–Trinajstić information content (AvgIpc) is 2.54. The molecule has 0 saturated heterocycles. The van der Waals surface area contributed by atoms with Gasteiger partial charge in [-0.15, -0.1) is 0 Å². The monoisotopic (exact) mass is 214 g/mol. The molecule has 0 bridgehead atoms. The SMILES string of the molecule is Cc1cccc(C=Nn2cc(C)nc2N)c1. The van der Waals surface area contributed by atoms with Crippen molar-refractivity contribution < 1.29 is 0 Å². The number of aromatic nitrogens is 2. The van der Waals surface area contributed by atoms with Gasteiger partial charge in [-0.3, -0.25) is 0 Å². The summed E-state index contributed by atoms with van der Waals surface area (Å²) in [4.78, 5) is 4.07. The Bertz CT molecular complexity index is 526. The van der Waals surface area contributed by atoms with Crippen molar-refractivity contribution in [2.75, 3.05) is 5.73 Å². The van der Waals surface area contributed by atoms with E-state index in [0.717, 1.165) is 11.3 Å². The van der Waals surface area contributed by atoms with E-state index in [9.17, 15) is 0 Å². The number of nitrogens with zero attached hydrogens (tertiary/aromatic N) is 3. The molecule has 2 rings (SSSR count). The summed E-state index contributed by atoms with van der Waals surface area (Å²) in [5, 5.41) is 4.24. The minimum atomic E-state index is 0.404. The summed E-state index contributed by atoms with van der Waals surface area (Å²) >= 11 is 0. The quantitative estimate of drug-likeness (QED) is 0.777. The number of hydrogen-bond donors (Lipinski definition) is 1. The summed E-state index contributed by atoms with van der Waals surface area (Å²) in [7, 11) is 0. The van der Waals surface area contributed by atoms with E-state index in [4.69, 9.17) is 5.73 Å². The highest BCUT2D eigenvalue weighted by Crippen LogP contribution is 2.05. The van der Waals surface area contributed by atoms with Crippen LogP contribution in [0.4, 0.5) is 5.95 Å². The van der Waals surface area contributed by atoms with Gasteiger partial charge in [0.25, 0.3) is 0 Å². The first kappa shape index (κ1) is 10.4. The predicted octanol–water partition coefficient (Wildman–Crippen LogP) is 1.96. The summed E-state index contributed by atoms with van der Waals surface area (Å²) in [5.41, 5.74) is 8.79. The Morgan fingerprint density at radius 1 is 1.38 bits per heavy atom. The largest absolute Gasteiger partial charge is 0.368 e. The fourth-order valence-corrected chi connectivity index (χ4v) is 1.48. The molecule has 82 valence electrons. The van der Waals surface area contributed by atoms with Crippen LogP contribution >= 0.6 is 0 Å². The van der Waals surface area contributed by atoms with Crippen LogP contribution < -0.4 is 5.73 Å². The van der Waals surface area contributed by atoms with Crippen molar-refractivity contribution in [2.24, 2.45) is 5.10 Å². The summed E-state index contributed by atoms with van der Waals surface area (Å²) < 4.78 is 1.57. The van der Waals surface area contributed by atoms with E-state index in [1.54, 1.807) is 17.1 Å². The van der Waals surface area contributed by atoms with Crippen LogP contribution in [-0.2, 0) is 0 Å². The van der Waals surface area contributed by atoms with Gasteiger partial charge < -0.3 is 5.73 Å². The lowest BCUT2D eigenvalue weighted by Gasteiger charge is -1.96. The first-order valence-corrected chi connectivity index (χ1v) is 5.07. The molecular weight excluding hydrogens is 200 g/mol. The third kappa shape index (κ3) is 2.28. The zero-order valence-electron chi connectivity index (χ0n) is 9.38. The second-order valence-electron chi connectivity index (χ2n) is 3.74. The highest BCUT2D eigenvalue weighted by Gasteiger charge is 1.97. The van der Waals surface area contributed by atoms with E-state index >= 15 is 0 Å². The van der Waals surface area contributed by atoms with E-state index in [0.29, 0.717) is 5.95 Å². The summed E-state index contributed by atoms with van der Waals surface area (Å²) in [6.07, 6.45) is 3.56. The number of nitrogen functional groups attached to an aromatic ring is 1.